The van der Waals surface area contributed by atoms with Gasteiger partial charge < -0.3 is 0 Å². The summed E-state index contributed by atoms with van der Waals surface area (Å²) in [5, 5.41) is 0. The van der Waals surface area contributed by atoms with Crippen LogP contribution in [0.5, 0.6) is 0 Å². The van der Waals surface area contributed by atoms with E-state index in [9.17, 15) is 0 Å². The molecule has 0 aromatic heterocycles. The fourth-order valence-corrected chi connectivity index (χ4v) is 0. The fourth-order valence-electron chi connectivity index (χ4n) is 0. The minimum absolute atomic E-state index is 0. The van der Waals surface area contributed by atoms with Gasteiger partial charge in [-0.15, -0.1) is 0 Å². The minimum Gasteiger partial charge on any atom is -0.153 e. The second-order valence-corrected chi connectivity index (χ2v) is 0. The van der Waals surface area contributed by atoms with Crippen LogP contribution >= 0.6 is 9.90 Å². The molecule has 0 N–H and O–H groups in total. The summed E-state index contributed by atoms with van der Waals surface area (Å²) in [6.45, 7) is 0. The molecule has 0 spiro atoms. The van der Waals surface area contributed by atoms with Gasteiger partial charge in [-0.1, -0.05) is 22.3 Å². The van der Waals surface area contributed by atoms with Gasteiger partial charge in [0, 0.05) is 2.85 Å². The molecule has 4 heavy (non-hydrogen) atoms. The highest BCUT2D eigenvalue weighted by atomic mass is 31.0. The maximum Gasteiger partial charge on any atom is 0 e. The molecule has 0 rings (SSSR count). The Morgan fingerprint density at radius 3 is 1.00 bits per heavy atom. The van der Waals surface area contributed by atoms with Gasteiger partial charge in [0.25, 0.3) is 0 Å². The van der Waals surface area contributed by atoms with Gasteiger partial charge in [-0.25, -0.2) is 0 Å². The first-order chi connectivity index (χ1) is 0. The molecule has 36 valence electrons. The number of rotatable bonds is 0. The Hall–Kier alpha value is 0.430. The van der Waals surface area contributed by atoms with Crippen molar-refractivity contribution in [2.24, 2.45) is 0 Å². The lowest BCUT2D eigenvalue weighted by Crippen LogP contribution is 0.143. The molecule has 0 aliphatic heterocycles. The molecule has 1 atom stereocenters. The van der Waals surface area contributed by atoms with Gasteiger partial charge in [-0.3, -0.25) is 0 Å². The third-order valence-corrected chi connectivity index (χ3v) is 0. The highest BCUT2D eigenvalue weighted by molar-refractivity contribution is 6.92. The van der Waals surface area contributed by atoms with Crippen LogP contribution in [-0.4, -0.2) is 0 Å². The van der Waals surface area contributed by atoms with Crippen molar-refractivity contribution < 1.29 is 2.85 Å². The highest BCUT2D eigenvalue weighted by Crippen LogP contribution is 0.861. The third kappa shape index (κ3) is 26.9. The molecule has 0 saturated carbocycles. The lowest BCUT2D eigenvalue weighted by atomic mass is 12.0. The molecule has 1 unspecified atom stereocenters. The van der Waals surface area contributed by atoms with Crippen LogP contribution in [0.3, 0.4) is 0 Å². The normalized spacial score (nSPS) is 0. The number of hydrogen-bond acceptors (Lipinski definition) is 0. The largest absolute Gasteiger partial charge is 0.153 e. The molecule has 0 saturated heterocycles. The highest BCUT2D eigenvalue weighted by Gasteiger charge is -0.0755. The second kappa shape index (κ2) is 110. The summed E-state index contributed by atoms with van der Waals surface area (Å²) in [4.78, 5) is 0. The van der Waals surface area contributed by atoms with Gasteiger partial charge in [-0.05, 0) is 0 Å². The van der Waals surface area contributed by atoms with E-state index in [1.54, 1.807) is 0 Å². The summed E-state index contributed by atoms with van der Waals surface area (Å²) < 4.78 is 0. The smallest absolute Gasteiger partial charge is 0 e. The maximum atomic E-state index is 0. The van der Waals surface area contributed by atoms with Crippen molar-refractivity contribution in [1.82, 2.24) is 0 Å². The summed E-state index contributed by atoms with van der Waals surface area (Å²) in [5.74, 6) is 0. The van der Waals surface area contributed by atoms with Crippen molar-refractivity contribution in [3.8, 4) is 0 Å². The molecule has 0 aliphatic carbocycles. The van der Waals surface area contributed by atoms with Crippen molar-refractivity contribution in [1.29, 1.82) is 0 Å². The van der Waals surface area contributed by atoms with Crippen LogP contribution in [0.25, 0.3) is 0 Å². The zero-order valence-corrected chi connectivity index (χ0v) is 2.12. The van der Waals surface area contributed by atoms with Crippen LogP contribution < -0.4 is 0 Å². The molecule has 0 amide bonds. The molecular weight excluding hydrogens is 67.0 g/mol. The monoisotopic (exact) mass is 88.1 g/mol. The molecule has 0 fully saturated rings. The zero-order valence-electron chi connectivity index (χ0n) is 0.707. The first-order valence-corrected chi connectivity index (χ1v) is 0. The molecule has 0 nitrogen and oxygen atoms in total. The van der Waals surface area contributed by atoms with Crippen molar-refractivity contribution >= 4 is 9.90 Å². The predicted molar refractivity (Wildman–Crippen MR) is 35.5 cm³/mol. The lowest BCUT2D eigenvalue weighted by Gasteiger charge is -0.153. The maximum absolute atomic E-state index is 0. The Morgan fingerprint density at radius 1 is 1.00 bits per heavy atom. The Bertz CT molecular complexity index is 8.75. The van der Waals surface area contributed by atoms with E-state index < -0.39 is 0 Å². The van der Waals surface area contributed by atoms with Crippen LogP contribution in [0.4, 0.5) is 0 Å². The number of hydrogen-bond donors (Lipinski definition) is 0. The lowest BCUT2D eigenvalue weighted by molar-refractivity contribution is 2.50. The van der Waals surface area contributed by atoms with Crippen molar-refractivity contribution in [3.05, 3.63) is 0 Å². The van der Waals surface area contributed by atoms with Gasteiger partial charge in [0.1, 0.15) is 0 Å². The van der Waals surface area contributed by atoms with E-state index in [0.717, 1.165) is 0 Å². The van der Waals surface area contributed by atoms with E-state index in [-0.39, 0.29) is 35.0 Å². The van der Waals surface area contributed by atoms with Crippen LogP contribution in [0.1, 0.15) is 25.1 Å². The van der Waals surface area contributed by atoms with Gasteiger partial charge in [0.15, 0.2) is 0 Å². The Kier molecular flexibility index (Phi) is 7720. The molecule has 0 aromatic rings. The summed E-state index contributed by atoms with van der Waals surface area (Å²) in [5.41, 5.74) is 0. The minimum atomic E-state index is 0. The SMILES string of the molecule is C.C.C.P.[3HH].[HH]. The average molecular weight is 88.2 g/mol. The molecule has 0 heterocycles. The average Bonchev–Trinajstić information content (AvgIpc) is 0. The van der Waals surface area contributed by atoms with E-state index in [1.165, 1.54) is 0 Å². The third-order valence-electron chi connectivity index (χ3n) is 0. The Morgan fingerprint density at radius 2 is 1.00 bits per heavy atom. The van der Waals surface area contributed by atoms with Gasteiger partial charge in [0.2, 0.25) is 0 Å². The van der Waals surface area contributed by atoms with Crippen LogP contribution in [0.2, 0.25) is 0 Å². The van der Waals surface area contributed by atoms with Gasteiger partial charge >= 0.3 is 0 Å². The zero-order chi connectivity index (χ0) is 0. The molecular formula is C3H19P. The second-order valence-electron chi connectivity index (χ2n) is 0. The van der Waals surface area contributed by atoms with E-state index in [4.69, 9.17) is 0 Å². The van der Waals surface area contributed by atoms with Crippen LogP contribution in [-0.2, 0) is 0 Å². The van der Waals surface area contributed by atoms with Crippen molar-refractivity contribution in [2.45, 2.75) is 22.3 Å². The first-order valence-electron chi connectivity index (χ1n) is 0. The molecule has 0 aliphatic rings. The molecule has 0 radical (unpaired) electrons. The topological polar surface area (TPSA) is 0 Å². The fraction of sp³-hybridized carbons (Fsp3) is 1.00. The van der Waals surface area contributed by atoms with Crippen LogP contribution in [0.15, 0.2) is 0 Å². The Balaban J connectivity index is 0. The van der Waals surface area contributed by atoms with Gasteiger partial charge in [0.05, 0.1) is 0 Å². The first kappa shape index (κ1) is 282. The van der Waals surface area contributed by atoms with Gasteiger partial charge in [-0.2, -0.15) is 9.90 Å². The molecule has 1 heteroatoms. The summed E-state index contributed by atoms with van der Waals surface area (Å²) in [6.07, 6.45) is 0. The van der Waals surface area contributed by atoms with Crippen LogP contribution in [0, 0.1) is 0 Å². The summed E-state index contributed by atoms with van der Waals surface area (Å²) in [6, 6.07) is 0. The van der Waals surface area contributed by atoms with E-state index in [2.05, 4.69) is 0 Å². The van der Waals surface area contributed by atoms with Crippen molar-refractivity contribution in [2.75, 3.05) is 0 Å². The molecule has 0 aromatic carbocycles. The predicted octanol–water partition coefficient (Wildman–Crippen LogP) is 2.46. The summed E-state index contributed by atoms with van der Waals surface area (Å²) in [7, 11) is 0. The standard InChI is InChI=1S/3CH4.H3P.2H2/h3*1H4;1H3;2*1H/i;;;;1+2;. The van der Waals surface area contributed by atoms with E-state index >= 15 is 0 Å². The van der Waals surface area contributed by atoms with E-state index in [1.807, 2.05) is 0 Å². The quantitative estimate of drug-likeness (QED) is 0.399. The van der Waals surface area contributed by atoms with E-state index in [0.29, 0.717) is 0 Å². The van der Waals surface area contributed by atoms with Crippen molar-refractivity contribution in [3.63, 3.8) is 0 Å². The molecule has 0 bridgehead atoms. The summed E-state index contributed by atoms with van der Waals surface area (Å²) >= 11 is 0. The Labute approximate surface area is 36.2 Å².